The second kappa shape index (κ2) is 10.3. The number of carbonyl (C=O) groups excluding carboxylic acids is 2. The number of unbranched alkanes of at least 4 members (excludes halogenated alkanes) is 1. The highest BCUT2D eigenvalue weighted by Gasteiger charge is 2.24. The van der Waals surface area contributed by atoms with Gasteiger partial charge in [0.25, 0.3) is 0 Å². The molecule has 1 aromatic rings. The fourth-order valence-electron chi connectivity index (χ4n) is 1.92. The molecule has 0 unspecified atom stereocenters. The van der Waals surface area contributed by atoms with E-state index in [-0.39, 0.29) is 19.0 Å². The zero-order chi connectivity index (χ0) is 21.3. The van der Waals surface area contributed by atoms with Crippen LogP contribution < -0.4 is 16.3 Å². The third kappa shape index (κ3) is 8.52. The molecule has 1 rings (SSSR count). The van der Waals surface area contributed by atoms with Gasteiger partial charge in [0.05, 0.1) is 13.2 Å². The van der Waals surface area contributed by atoms with E-state index >= 15 is 0 Å². The van der Waals surface area contributed by atoms with Crippen LogP contribution in [0.25, 0.3) is 0 Å². The van der Waals surface area contributed by atoms with E-state index in [1.165, 1.54) is 12.3 Å². The van der Waals surface area contributed by atoms with Crippen molar-refractivity contribution in [3.8, 4) is 0 Å². The van der Waals surface area contributed by atoms with Gasteiger partial charge in [-0.15, -0.1) is 0 Å². The van der Waals surface area contributed by atoms with Crippen molar-refractivity contribution in [2.75, 3.05) is 11.9 Å². The molecule has 0 radical (unpaired) electrons. The van der Waals surface area contributed by atoms with Gasteiger partial charge < -0.3 is 19.9 Å². The molecule has 11 nitrogen and oxygen atoms in total. The number of hydrogen-bond acceptors (Lipinski definition) is 7. The second-order valence-corrected chi connectivity index (χ2v) is 6.90. The number of anilines is 1. The molecule has 11 heteroatoms. The number of aromatic nitrogens is 2. The van der Waals surface area contributed by atoms with E-state index in [9.17, 15) is 24.3 Å². The number of carboxylic acid groups (broad SMARTS) is 1. The number of rotatable bonds is 8. The highest BCUT2D eigenvalue weighted by molar-refractivity contribution is 5.83. The molecular weight excluding hydrogens is 372 g/mol. The Morgan fingerprint density at radius 1 is 1.29 bits per heavy atom. The third-order valence-electron chi connectivity index (χ3n) is 3.20. The molecule has 1 heterocycles. The summed E-state index contributed by atoms with van der Waals surface area (Å²) in [5, 5.41) is 13.8. The van der Waals surface area contributed by atoms with Crippen molar-refractivity contribution < 1.29 is 29.0 Å². The Bertz CT molecular complexity index is 755. The number of carboxylic acids is 1. The van der Waals surface area contributed by atoms with E-state index in [1.54, 1.807) is 20.8 Å². The first-order valence-corrected chi connectivity index (χ1v) is 8.75. The van der Waals surface area contributed by atoms with Crippen molar-refractivity contribution in [3.05, 3.63) is 22.7 Å². The minimum absolute atomic E-state index is 0.0327. The summed E-state index contributed by atoms with van der Waals surface area (Å²) < 4.78 is 10.9. The molecule has 1 atom stereocenters. The smallest absolute Gasteiger partial charge is 0.412 e. The van der Waals surface area contributed by atoms with Crippen LogP contribution in [-0.2, 0) is 20.8 Å². The van der Waals surface area contributed by atoms with Crippen LogP contribution in [-0.4, -0.2) is 51.1 Å². The predicted molar refractivity (Wildman–Crippen MR) is 99.2 cm³/mol. The lowest BCUT2D eigenvalue weighted by molar-refractivity contribution is -0.139. The Kier molecular flexibility index (Phi) is 8.42. The van der Waals surface area contributed by atoms with Crippen LogP contribution in [0.4, 0.5) is 15.4 Å². The Morgan fingerprint density at radius 3 is 2.50 bits per heavy atom. The van der Waals surface area contributed by atoms with Gasteiger partial charge in [-0.1, -0.05) is 13.3 Å². The van der Waals surface area contributed by atoms with Gasteiger partial charge in [-0.05, 0) is 33.3 Å². The molecule has 0 fully saturated rings. The van der Waals surface area contributed by atoms with Gasteiger partial charge in [-0.3, -0.25) is 9.88 Å². The predicted octanol–water partition coefficient (Wildman–Crippen LogP) is 1.57. The molecule has 0 spiro atoms. The van der Waals surface area contributed by atoms with Crippen LogP contribution >= 0.6 is 0 Å². The van der Waals surface area contributed by atoms with E-state index in [0.717, 1.165) is 11.0 Å². The quantitative estimate of drug-likeness (QED) is 0.559. The molecule has 28 heavy (non-hydrogen) atoms. The van der Waals surface area contributed by atoms with E-state index < -0.39 is 35.5 Å². The summed E-state index contributed by atoms with van der Waals surface area (Å²) in [4.78, 5) is 50.4. The maximum absolute atomic E-state index is 12.1. The number of ether oxygens (including phenoxy) is 2. The second-order valence-electron chi connectivity index (χ2n) is 6.90. The number of alkyl carbamates (subject to hydrolysis) is 1. The molecule has 0 saturated heterocycles. The summed E-state index contributed by atoms with van der Waals surface area (Å²) in [6.45, 7) is 6.73. The van der Waals surface area contributed by atoms with E-state index in [0.29, 0.717) is 6.42 Å². The first-order chi connectivity index (χ1) is 13.0. The van der Waals surface area contributed by atoms with Crippen molar-refractivity contribution in [2.45, 2.75) is 58.7 Å². The lowest BCUT2D eigenvalue weighted by Gasteiger charge is -2.22. The lowest BCUT2D eigenvalue weighted by Crippen LogP contribution is -2.47. The lowest BCUT2D eigenvalue weighted by atomic mass is 10.2. The highest BCUT2D eigenvalue weighted by atomic mass is 16.6. The highest BCUT2D eigenvalue weighted by Crippen LogP contribution is 2.07. The van der Waals surface area contributed by atoms with Crippen LogP contribution in [0.2, 0.25) is 0 Å². The van der Waals surface area contributed by atoms with Crippen LogP contribution in [0.3, 0.4) is 0 Å². The molecule has 2 amide bonds. The number of nitrogens with zero attached hydrogens (tertiary/aromatic N) is 2. The molecule has 0 aliphatic heterocycles. The first kappa shape index (κ1) is 22.9. The SMILES string of the molecule is CCCCOC(=O)Nc1ccn(C[C@H](NC(=O)OC(C)(C)C)C(=O)O)c(=O)n1. The minimum atomic E-state index is -1.41. The third-order valence-corrected chi connectivity index (χ3v) is 3.20. The van der Waals surface area contributed by atoms with Crippen molar-refractivity contribution in [3.63, 3.8) is 0 Å². The summed E-state index contributed by atoms with van der Waals surface area (Å²) in [5.74, 6) is -1.38. The van der Waals surface area contributed by atoms with Crippen molar-refractivity contribution >= 4 is 24.0 Å². The first-order valence-electron chi connectivity index (χ1n) is 8.75. The number of nitrogens with one attached hydrogen (secondary N) is 2. The van der Waals surface area contributed by atoms with Crippen LogP contribution in [0.1, 0.15) is 40.5 Å². The summed E-state index contributed by atoms with van der Waals surface area (Å²) in [7, 11) is 0. The Labute approximate surface area is 162 Å². The molecule has 0 bridgehead atoms. The zero-order valence-electron chi connectivity index (χ0n) is 16.4. The van der Waals surface area contributed by atoms with Crippen LogP contribution in [0.15, 0.2) is 17.1 Å². The van der Waals surface area contributed by atoms with Gasteiger partial charge in [0.1, 0.15) is 17.5 Å². The molecule has 156 valence electrons. The molecular formula is C17H26N4O7. The van der Waals surface area contributed by atoms with Gasteiger partial charge in [0.15, 0.2) is 0 Å². The molecule has 0 aliphatic rings. The molecule has 1 aromatic heterocycles. The monoisotopic (exact) mass is 398 g/mol. The van der Waals surface area contributed by atoms with Gasteiger partial charge in [0, 0.05) is 6.20 Å². The number of amides is 2. The van der Waals surface area contributed by atoms with Gasteiger partial charge in [-0.25, -0.2) is 19.2 Å². The summed E-state index contributed by atoms with van der Waals surface area (Å²) >= 11 is 0. The summed E-state index contributed by atoms with van der Waals surface area (Å²) in [6, 6.07) is -0.0957. The molecule has 0 aliphatic carbocycles. The molecule has 0 saturated carbocycles. The fraction of sp³-hybridized carbons (Fsp3) is 0.588. The summed E-state index contributed by atoms with van der Waals surface area (Å²) in [5.41, 5.74) is -1.60. The van der Waals surface area contributed by atoms with E-state index in [1.807, 2.05) is 6.92 Å². The van der Waals surface area contributed by atoms with E-state index in [4.69, 9.17) is 9.47 Å². The normalized spacial score (nSPS) is 12.0. The van der Waals surface area contributed by atoms with Crippen molar-refractivity contribution in [1.29, 1.82) is 0 Å². The van der Waals surface area contributed by atoms with E-state index in [2.05, 4.69) is 15.6 Å². The largest absolute Gasteiger partial charge is 0.480 e. The minimum Gasteiger partial charge on any atom is -0.480 e. The Hall–Kier alpha value is -3.11. The molecule has 3 N–H and O–H groups in total. The Balaban J connectivity index is 2.76. The van der Waals surface area contributed by atoms with Crippen LogP contribution in [0, 0.1) is 0 Å². The zero-order valence-corrected chi connectivity index (χ0v) is 16.4. The fourth-order valence-corrected chi connectivity index (χ4v) is 1.92. The van der Waals surface area contributed by atoms with Gasteiger partial charge >= 0.3 is 23.8 Å². The number of hydrogen-bond donors (Lipinski definition) is 3. The maximum Gasteiger partial charge on any atom is 0.412 e. The molecule has 0 aromatic carbocycles. The standard InChI is InChI=1S/C17H26N4O7/c1-5-6-9-27-15(25)20-12-7-8-21(14(24)19-12)10-11(13(22)23)18-16(26)28-17(2,3)4/h7-8,11H,5-6,9-10H2,1-4H3,(H,18,26)(H,22,23)(H,19,20,24,25)/t11-/m0/s1. The summed E-state index contributed by atoms with van der Waals surface area (Å²) in [6.07, 6.45) is 1.17. The van der Waals surface area contributed by atoms with Crippen molar-refractivity contribution in [2.24, 2.45) is 0 Å². The van der Waals surface area contributed by atoms with Crippen LogP contribution in [0.5, 0.6) is 0 Å². The van der Waals surface area contributed by atoms with Crippen molar-refractivity contribution in [1.82, 2.24) is 14.9 Å². The van der Waals surface area contributed by atoms with Gasteiger partial charge in [0.2, 0.25) is 0 Å². The Morgan fingerprint density at radius 2 is 1.96 bits per heavy atom. The number of aliphatic carboxylic acids is 1. The van der Waals surface area contributed by atoms with Gasteiger partial charge in [-0.2, -0.15) is 4.98 Å². The average molecular weight is 398 g/mol. The average Bonchev–Trinajstić information content (AvgIpc) is 2.54. The number of carbonyl (C=O) groups is 3. The topological polar surface area (TPSA) is 149 Å². The maximum atomic E-state index is 12.1.